The van der Waals surface area contributed by atoms with Crippen LogP contribution in [0.1, 0.15) is 36.1 Å². The van der Waals surface area contributed by atoms with E-state index in [4.69, 9.17) is 4.74 Å². The number of hydrogen-bond acceptors (Lipinski definition) is 2. The van der Waals surface area contributed by atoms with Gasteiger partial charge in [0.25, 0.3) is 0 Å². The van der Waals surface area contributed by atoms with Crippen molar-refractivity contribution in [2.24, 2.45) is 7.05 Å². The highest BCUT2D eigenvalue weighted by Crippen LogP contribution is 2.37. The molecule has 0 N–H and O–H groups in total. The lowest BCUT2D eigenvalue weighted by Gasteiger charge is -2.27. The van der Waals surface area contributed by atoms with E-state index in [1.807, 2.05) is 29.8 Å². The summed E-state index contributed by atoms with van der Waals surface area (Å²) in [5, 5.41) is 1.14. The van der Waals surface area contributed by atoms with E-state index in [0.29, 0.717) is 0 Å². The van der Waals surface area contributed by atoms with E-state index < -0.39 is 11.7 Å². The van der Waals surface area contributed by atoms with Crippen LogP contribution in [0, 0.1) is 0 Å². The number of ether oxygens (including phenoxy) is 1. The predicted molar refractivity (Wildman–Crippen MR) is 108 cm³/mol. The number of halogens is 3. The summed E-state index contributed by atoms with van der Waals surface area (Å²) in [5.41, 5.74) is 2.40. The fraction of sp³-hybridized carbons (Fsp3) is 0.391. The molecule has 0 bridgehead atoms. The molecule has 1 aliphatic heterocycles. The second-order valence-electron chi connectivity index (χ2n) is 7.62. The SMILES string of the molecule is Cn1c(COc2ccccc2C(F)(F)F)c(CN2CCCCC2)c2ccccc21. The summed E-state index contributed by atoms with van der Waals surface area (Å²) < 4.78 is 47.7. The Morgan fingerprint density at radius 2 is 1.62 bits per heavy atom. The first-order chi connectivity index (χ1) is 13.9. The molecular weight excluding hydrogens is 377 g/mol. The van der Waals surface area contributed by atoms with Crippen LogP contribution in [0.15, 0.2) is 48.5 Å². The van der Waals surface area contributed by atoms with Crippen molar-refractivity contribution >= 4 is 10.9 Å². The zero-order valence-corrected chi connectivity index (χ0v) is 16.5. The Hall–Kier alpha value is -2.47. The lowest BCUT2D eigenvalue weighted by Crippen LogP contribution is -2.29. The fourth-order valence-corrected chi connectivity index (χ4v) is 4.20. The van der Waals surface area contributed by atoms with Gasteiger partial charge in [0, 0.05) is 24.5 Å². The van der Waals surface area contributed by atoms with E-state index in [1.165, 1.54) is 31.4 Å². The van der Waals surface area contributed by atoms with E-state index in [0.717, 1.165) is 47.9 Å². The molecule has 1 aromatic heterocycles. The number of piperidine rings is 1. The van der Waals surface area contributed by atoms with E-state index in [1.54, 1.807) is 6.07 Å². The number of benzene rings is 2. The number of likely N-dealkylation sites (tertiary alicyclic amines) is 1. The largest absolute Gasteiger partial charge is 0.487 e. The topological polar surface area (TPSA) is 17.4 Å². The smallest absolute Gasteiger partial charge is 0.419 e. The molecule has 0 spiro atoms. The van der Waals surface area contributed by atoms with Crippen LogP contribution in [0.5, 0.6) is 5.75 Å². The number of para-hydroxylation sites is 2. The van der Waals surface area contributed by atoms with Gasteiger partial charge in [-0.3, -0.25) is 4.90 Å². The molecule has 6 heteroatoms. The van der Waals surface area contributed by atoms with E-state index in [9.17, 15) is 13.2 Å². The highest BCUT2D eigenvalue weighted by atomic mass is 19.4. The van der Waals surface area contributed by atoms with Crippen LogP contribution in [0.3, 0.4) is 0 Å². The van der Waals surface area contributed by atoms with Gasteiger partial charge in [-0.1, -0.05) is 36.8 Å². The molecule has 0 aliphatic carbocycles. The zero-order chi connectivity index (χ0) is 20.4. The predicted octanol–water partition coefficient (Wildman–Crippen LogP) is 5.76. The summed E-state index contributed by atoms with van der Waals surface area (Å²) in [6, 6.07) is 13.5. The first-order valence-corrected chi connectivity index (χ1v) is 10.0. The molecule has 2 heterocycles. The minimum Gasteiger partial charge on any atom is -0.487 e. The second-order valence-corrected chi connectivity index (χ2v) is 7.62. The van der Waals surface area contributed by atoms with Crippen molar-refractivity contribution in [3.63, 3.8) is 0 Å². The second kappa shape index (κ2) is 8.11. The minimum atomic E-state index is -4.44. The summed E-state index contributed by atoms with van der Waals surface area (Å²) in [5.74, 6) is -0.130. The first kappa shape index (κ1) is 19.8. The first-order valence-electron chi connectivity index (χ1n) is 10.0. The van der Waals surface area contributed by atoms with E-state index in [2.05, 4.69) is 11.0 Å². The summed E-state index contributed by atoms with van der Waals surface area (Å²) in [6.07, 6.45) is -0.798. The Morgan fingerprint density at radius 3 is 2.38 bits per heavy atom. The number of rotatable bonds is 5. The molecule has 4 rings (SSSR count). The zero-order valence-electron chi connectivity index (χ0n) is 16.5. The Labute approximate surface area is 168 Å². The van der Waals surface area contributed by atoms with Crippen molar-refractivity contribution in [2.75, 3.05) is 13.1 Å². The van der Waals surface area contributed by atoms with Crippen LogP contribution in [0.2, 0.25) is 0 Å². The summed E-state index contributed by atoms with van der Waals surface area (Å²) >= 11 is 0. The molecule has 0 radical (unpaired) electrons. The van der Waals surface area contributed by atoms with Crippen LogP contribution in [0.4, 0.5) is 13.2 Å². The van der Waals surface area contributed by atoms with Crippen molar-refractivity contribution in [3.05, 3.63) is 65.4 Å². The summed E-state index contributed by atoms with van der Waals surface area (Å²) in [6.45, 7) is 3.00. The molecule has 2 aromatic carbocycles. The van der Waals surface area contributed by atoms with E-state index in [-0.39, 0.29) is 12.4 Å². The Bertz CT molecular complexity index is 987. The van der Waals surface area contributed by atoms with Crippen molar-refractivity contribution in [2.45, 2.75) is 38.6 Å². The maximum Gasteiger partial charge on any atom is 0.419 e. The van der Waals surface area contributed by atoms with Crippen LogP contribution < -0.4 is 4.74 Å². The molecule has 0 unspecified atom stereocenters. The summed E-state index contributed by atoms with van der Waals surface area (Å²) in [7, 11) is 1.95. The molecule has 1 fully saturated rings. The van der Waals surface area contributed by atoms with Crippen molar-refractivity contribution in [1.29, 1.82) is 0 Å². The van der Waals surface area contributed by atoms with Crippen LogP contribution in [-0.2, 0) is 26.4 Å². The molecule has 3 aromatic rings. The number of alkyl halides is 3. The van der Waals surface area contributed by atoms with Gasteiger partial charge in [0.1, 0.15) is 12.4 Å². The molecule has 0 atom stereocenters. The van der Waals surface area contributed by atoms with Gasteiger partial charge in [0.15, 0.2) is 0 Å². The lowest BCUT2D eigenvalue weighted by atomic mass is 10.1. The van der Waals surface area contributed by atoms with Crippen molar-refractivity contribution < 1.29 is 17.9 Å². The van der Waals surface area contributed by atoms with Crippen LogP contribution in [-0.4, -0.2) is 22.6 Å². The van der Waals surface area contributed by atoms with Gasteiger partial charge >= 0.3 is 6.18 Å². The molecule has 0 saturated carbocycles. The van der Waals surface area contributed by atoms with Gasteiger partial charge in [-0.15, -0.1) is 0 Å². The third-order valence-corrected chi connectivity index (χ3v) is 5.73. The summed E-state index contributed by atoms with van der Waals surface area (Å²) in [4.78, 5) is 2.43. The molecule has 1 aliphatic rings. The Kier molecular flexibility index (Phi) is 5.54. The maximum atomic E-state index is 13.3. The maximum absolute atomic E-state index is 13.3. The lowest BCUT2D eigenvalue weighted by molar-refractivity contribution is -0.139. The normalized spacial score (nSPS) is 15.7. The third kappa shape index (κ3) is 4.13. The minimum absolute atomic E-state index is 0.0987. The standard InChI is InChI=1S/C23H25F3N2O/c1-27-20-11-5-3-9-17(20)18(15-28-13-7-2-8-14-28)21(27)16-29-22-12-6-4-10-19(22)23(24,25)26/h3-6,9-12H,2,7-8,13-16H2,1H3. The molecule has 0 amide bonds. The quantitative estimate of drug-likeness (QED) is 0.540. The number of fused-ring (bicyclic) bond motifs is 1. The monoisotopic (exact) mass is 402 g/mol. The van der Waals surface area contributed by atoms with Crippen LogP contribution in [0.25, 0.3) is 10.9 Å². The highest BCUT2D eigenvalue weighted by Gasteiger charge is 2.34. The fourth-order valence-electron chi connectivity index (χ4n) is 4.20. The molecule has 3 nitrogen and oxygen atoms in total. The molecule has 1 saturated heterocycles. The number of aromatic nitrogens is 1. The van der Waals surface area contributed by atoms with Crippen LogP contribution >= 0.6 is 0 Å². The molecule has 29 heavy (non-hydrogen) atoms. The Balaban J connectivity index is 1.67. The van der Waals surface area contributed by atoms with Gasteiger partial charge in [-0.05, 0) is 49.7 Å². The van der Waals surface area contributed by atoms with Gasteiger partial charge in [-0.25, -0.2) is 0 Å². The third-order valence-electron chi connectivity index (χ3n) is 5.73. The van der Waals surface area contributed by atoms with Gasteiger partial charge in [-0.2, -0.15) is 13.2 Å². The molecular formula is C23H25F3N2O. The number of aryl methyl sites for hydroxylation is 1. The van der Waals surface area contributed by atoms with Gasteiger partial charge < -0.3 is 9.30 Å². The van der Waals surface area contributed by atoms with Gasteiger partial charge in [0.2, 0.25) is 0 Å². The van der Waals surface area contributed by atoms with Crippen molar-refractivity contribution in [1.82, 2.24) is 9.47 Å². The Morgan fingerprint density at radius 1 is 0.931 bits per heavy atom. The number of nitrogens with zero attached hydrogens (tertiary/aromatic N) is 2. The average Bonchev–Trinajstić information content (AvgIpc) is 2.98. The molecule has 154 valence electrons. The van der Waals surface area contributed by atoms with Crippen molar-refractivity contribution in [3.8, 4) is 5.75 Å². The average molecular weight is 402 g/mol. The number of hydrogen-bond donors (Lipinski definition) is 0. The van der Waals surface area contributed by atoms with Gasteiger partial charge in [0.05, 0.1) is 11.3 Å². The van der Waals surface area contributed by atoms with E-state index >= 15 is 0 Å². The highest BCUT2D eigenvalue weighted by molar-refractivity contribution is 5.85.